The predicted octanol–water partition coefficient (Wildman–Crippen LogP) is 6.48. The monoisotopic (exact) mass is 520 g/mol. The average molecular weight is 522 g/mol. The number of hydrogen-bond acceptors (Lipinski definition) is 3. The lowest BCUT2D eigenvalue weighted by molar-refractivity contribution is -0.138. The molecule has 0 bridgehead atoms. The molecular formula is C22H24Cl4N2O2S. The Bertz CT molecular complexity index is 919. The minimum absolute atomic E-state index is 0.0337. The second-order valence-electron chi connectivity index (χ2n) is 7.30. The van der Waals surface area contributed by atoms with E-state index in [-0.39, 0.29) is 30.2 Å². The summed E-state index contributed by atoms with van der Waals surface area (Å²) in [5, 5.41) is 4.81. The van der Waals surface area contributed by atoms with Gasteiger partial charge in [-0.2, -0.15) is 0 Å². The first-order chi connectivity index (χ1) is 14.6. The summed E-state index contributed by atoms with van der Waals surface area (Å²) in [4.78, 5) is 27.2. The molecule has 2 rings (SSSR count). The van der Waals surface area contributed by atoms with Crippen LogP contribution in [0.2, 0.25) is 20.1 Å². The molecule has 0 saturated heterocycles. The molecule has 0 aliphatic heterocycles. The highest BCUT2D eigenvalue weighted by molar-refractivity contribution is 7.99. The molecule has 1 atom stereocenters. The van der Waals surface area contributed by atoms with E-state index in [0.717, 1.165) is 11.1 Å². The lowest BCUT2D eigenvalue weighted by atomic mass is 10.1. The number of hydrogen-bond donors (Lipinski definition) is 1. The quantitative estimate of drug-likeness (QED) is 0.411. The van der Waals surface area contributed by atoms with Crippen molar-refractivity contribution < 1.29 is 9.59 Å². The van der Waals surface area contributed by atoms with Gasteiger partial charge in [-0.25, -0.2) is 0 Å². The third-order valence-corrected chi connectivity index (χ3v) is 6.86. The highest BCUT2D eigenvalue weighted by atomic mass is 35.5. The van der Waals surface area contributed by atoms with Crippen molar-refractivity contribution in [3.05, 3.63) is 67.6 Å². The van der Waals surface area contributed by atoms with E-state index in [2.05, 4.69) is 5.32 Å². The number of nitrogens with one attached hydrogen (secondary N) is 1. The predicted molar refractivity (Wildman–Crippen MR) is 132 cm³/mol. The second kappa shape index (κ2) is 12.2. The lowest BCUT2D eigenvalue weighted by Gasteiger charge is -2.29. The van der Waals surface area contributed by atoms with Crippen molar-refractivity contribution >= 4 is 70.0 Å². The minimum Gasteiger partial charge on any atom is -0.352 e. The molecule has 0 fully saturated rings. The van der Waals surface area contributed by atoms with Crippen LogP contribution < -0.4 is 5.32 Å². The van der Waals surface area contributed by atoms with Crippen molar-refractivity contribution in [3.8, 4) is 0 Å². The van der Waals surface area contributed by atoms with Gasteiger partial charge in [-0.05, 0) is 56.2 Å². The molecule has 2 aromatic rings. The topological polar surface area (TPSA) is 49.4 Å². The zero-order valence-corrected chi connectivity index (χ0v) is 21.3. The number of nitrogens with zero attached hydrogens (tertiary/aromatic N) is 1. The van der Waals surface area contributed by atoms with Crippen LogP contribution in [0.4, 0.5) is 0 Å². The van der Waals surface area contributed by atoms with Crippen LogP contribution in [-0.2, 0) is 21.9 Å². The van der Waals surface area contributed by atoms with Crippen molar-refractivity contribution in [3.63, 3.8) is 0 Å². The van der Waals surface area contributed by atoms with Gasteiger partial charge in [-0.15, -0.1) is 11.8 Å². The van der Waals surface area contributed by atoms with Gasteiger partial charge >= 0.3 is 0 Å². The van der Waals surface area contributed by atoms with Gasteiger partial charge in [0.05, 0.1) is 15.8 Å². The molecule has 0 aromatic heterocycles. The van der Waals surface area contributed by atoms with Crippen LogP contribution in [0.3, 0.4) is 0 Å². The van der Waals surface area contributed by atoms with Crippen LogP contribution in [0.1, 0.15) is 31.9 Å². The van der Waals surface area contributed by atoms with Gasteiger partial charge in [0.2, 0.25) is 11.8 Å². The van der Waals surface area contributed by atoms with Gasteiger partial charge < -0.3 is 10.2 Å². The smallest absolute Gasteiger partial charge is 0.242 e. The number of amides is 2. The lowest BCUT2D eigenvalue weighted by Crippen LogP contribution is -2.49. The maximum Gasteiger partial charge on any atom is 0.242 e. The first kappa shape index (κ1) is 26.1. The van der Waals surface area contributed by atoms with Crippen molar-refractivity contribution in [1.29, 1.82) is 0 Å². The molecule has 0 radical (unpaired) electrons. The molecule has 0 heterocycles. The first-order valence-corrected chi connectivity index (χ1v) is 12.3. The second-order valence-corrected chi connectivity index (χ2v) is 9.92. The molecule has 168 valence electrons. The Hall–Kier alpha value is -1.11. The molecule has 0 unspecified atom stereocenters. The number of halogens is 4. The molecule has 0 aliphatic carbocycles. The van der Waals surface area contributed by atoms with Crippen molar-refractivity contribution in [1.82, 2.24) is 10.2 Å². The van der Waals surface area contributed by atoms with E-state index < -0.39 is 6.04 Å². The van der Waals surface area contributed by atoms with Crippen LogP contribution in [0.25, 0.3) is 0 Å². The first-order valence-electron chi connectivity index (χ1n) is 9.64. The summed E-state index contributed by atoms with van der Waals surface area (Å²) in [6.45, 7) is 5.69. The molecule has 0 spiro atoms. The third kappa shape index (κ3) is 7.76. The molecular weight excluding hydrogens is 498 g/mol. The highest BCUT2D eigenvalue weighted by Gasteiger charge is 2.26. The SMILES string of the molecule is CC(C)NC(=O)[C@H](C)N(Cc1ccc(Cl)c(Cl)c1)C(=O)CSCc1c(Cl)cccc1Cl. The summed E-state index contributed by atoms with van der Waals surface area (Å²) >= 11 is 25.9. The Morgan fingerprint density at radius 1 is 0.968 bits per heavy atom. The van der Waals surface area contributed by atoms with Gasteiger partial charge in [0, 0.05) is 28.4 Å². The standard InChI is InChI=1S/C22H24Cl4N2O2S/c1-13(2)27-22(30)14(3)28(10-15-7-8-19(25)20(26)9-15)21(29)12-31-11-16-17(23)5-4-6-18(16)24/h4-9,13-14H,10-12H2,1-3H3,(H,27,30)/t14-/m0/s1. The molecule has 2 aromatic carbocycles. The van der Waals surface area contributed by atoms with Crippen LogP contribution in [0, 0.1) is 0 Å². The summed E-state index contributed by atoms with van der Waals surface area (Å²) in [6.07, 6.45) is 0. The molecule has 31 heavy (non-hydrogen) atoms. The van der Waals surface area contributed by atoms with Gasteiger partial charge in [0.15, 0.2) is 0 Å². The maximum absolute atomic E-state index is 13.1. The van der Waals surface area contributed by atoms with E-state index >= 15 is 0 Å². The number of thioether (sulfide) groups is 1. The fourth-order valence-corrected chi connectivity index (χ4v) is 4.78. The average Bonchev–Trinajstić information content (AvgIpc) is 2.69. The highest BCUT2D eigenvalue weighted by Crippen LogP contribution is 2.29. The molecule has 0 saturated carbocycles. The van der Waals surface area contributed by atoms with Crippen LogP contribution in [0.5, 0.6) is 0 Å². The Balaban J connectivity index is 2.14. The zero-order chi connectivity index (χ0) is 23.1. The van der Waals surface area contributed by atoms with E-state index in [1.54, 1.807) is 48.2 Å². The fraction of sp³-hybridized carbons (Fsp3) is 0.364. The Labute approximate surface area is 207 Å². The molecule has 2 amide bonds. The molecule has 4 nitrogen and oxygen atoms in total. The number of carbonyl (C=O) groups is 2. The summed E-state index contributed by atoms with van der Waals surface area (Å²) in [7, 11) is 0. The summed E-state index contributed by atoms with van der Waals surface area (Å²) in [5.41, 5.74) is 1.57. The number of rotatable bonds is 9. The number of benzene rings is 2. The van der Waals surface area contributed by atoms with Crippen LogP contribution in [0.15, 0.2) is 36.4 Å². The summed E-state index contributed by atoms with van der Waals surface area (Å²) in [6, 6.07) is 9.78. The van der Waals surface area contributed by atoms with Gasteiger partial charge in [-0.3, -0.25) is 9.59 Å². The third-order valence-electron chi connectivity index (χ3n) is 4.47. The van der Waals surface area contributed by atoms with Crippen LogP contribution in [-0.4, -0.2) is 34.6 Å². The Morgan fingerprint density at radius 3 is 2.19 bits per heavy atom. The van der Waals surface area contributed by atoms with Crippen molar-refractivity contribution in [2.45, 2.75) is 45.2 Å². The van der Waals surface area contributed by atoms with Gasteiger partial charge in [-0.1, -0.05) is 58.5 Å². The maximum atomic E-state index is 13.1. The van der Waals surface area contributed by atoms with E-state index in [1.165, 1.54) is 11.8 Å². The number of carbonyl (C=O) groups excluding carboxylic acids is 2. The van der Waals surface area contributed by atoms with E-state index in [4.69, 9.17) is 46.4 Å². The van der Waals surface area contributed by atoms with E-state index in [1.807, 2.05) is 13.8 Å². The normalized spacial score (nSPS) is 12.0. The van der Waals surface area contributed by atoms with Gasteiger partial charge in [0.1, 0.15) is 6.04 Å². The molecule has 1 N–H and O–H groups in total. The Kier molecular flexibility index (Phi) is 10.3. The fourth-order valence-electron chi connectivity index (χ4n) is 2.82. The minimum atomic E-state index is -0.658. The van der Waals surface area contributed by atoms with Crippen molar-refractivity contribution in [2.75, 3.05) is 5.75 Å². The van der Waals surface area contributed by atoms with Gasteiger partial charge in [0.25, 0.3) is 0 Å². The molecule has 0 aliphatic rings. The Morgan fingerprint density at radius 2 is 1.61 bits per heavy atom. The van der Waals surface area contributed by atoms with E-state index in [9.17, 15) is 9.59 Å². The largest absolute Gasteiger partial charge is 0.352 e. The summed E-state index contributed by atoms with van der Waals surface area (Å²) < 4.78 is 0. The molecule has 9 heteroatoms. The van der Waals surface area contributed by atoms with Crippen LogP contribution >= 0.6 is 58.2 Å². The van der Waals surface area contributed by atoms with Crippen molar-refractivity contribution in [2.24, 2.45) is 0 Å². The summed E-state index contributed by atoms with van der Waals surface area (Å²) in [5.74, 6) is 0.257. The zero-order valence-electron chi connectivity index (χ0n) is 17.4. The van der Waals surface area contributed by atoms with E-state index in [0.29, 0.717) is 25.8 Å².